The third-order valence-corrected chi connectivity index (χ3v) is 0.846. The summed E-state index contributed by atoms with van der Waals surface area (Å²) >= 11 is 0. The molecule has 1 rings (SSSR count). The van der Waals surface area contributed by atoms with Crippen molar-refractivity contribution >= 4 is 0 Å². The monoisotopic (exact) mass is 97.1 g/mol. The Bertz CT molecular complexity index is 123. The second-order valence-corrected chi connectivity index (χ2v) is 1.33. The van der Waals surface area contributed by atoms with Gasteiger partial charge in [0.15, 0.2) is 6.39 Å². The van der Waals surface area contributed by atoms with Crippen LogP contribution in [0.2, 0.25) is 0 Å². The van der Waals surface area contributed by atoms with Gasteiger partial charge < -0.3 is 4.42 Å². The molecule has 0 radical (unpaired) electrons. The molecule has 0 saturated heterocycles. The zero-order chi connectivity index (χ0) is 5.11. The van der Waals surface area contributed by atoms with Gasteiger partial charge in [-0.1, -0.05) is 6.92 Å². The summed E-state index contributed by atoms with van der Waals surface area (Å²) in [6.07, 6.45) is 4.05. The maximum atomic E-state index is 4.69. The van der Waals surface area contributed by atoms with E-state index in [1.54, 1.807) is 6.26 Å². The minimum absolute atomic E-state index is 0.955. The summed E-state index contributed by atoms with van der Waals surface area (Å²) in [7, 11) is 0. The summed E-state index contributed by atoms with van der Waals surface area (Å²) in [5.74, 6) is 0. The van der Waals surface area contributed by atoms with Gasteiger partial charge in [-0.3, -0.25) is 0 Å². The lowest BCUT2D eigenvalue weighted by Gasteiger charge is -1.75. The quantitative estimate of drug-likeness (QED) is 0.527. The van der Waals surface area contributed by atoms with Gasteiger partial charge in [0.2, 0.25) is 0 Å². The van der Waals surface area contributed by atoms with Crippen molar-refractivity contribution in [3.63, 3.8) is 0 Å². The number of rotatable bonds is 1. The number of aromatic nitrogens is 1. The van der Waals surface area contributed by atoms with Crippen LogP contribution in [0.5, 0.6) is 0 Å². The van der Waals surface area contributed by atoms with E-state index in [1.165, 1.54) is 6.39 Å². The van der Waals surface area contributed by atoms with E-state index in [1.807, 2.05) is 6.92 Å². The normalized spacial score (nSPS) is 9.29. The van der Waals surface area contributed by atoms with E-state index in [-0.39, 0.29) is 0 Å². The summed E-state index contributed by atoms with van der Waals surface area (Å²) in [4.78, 5) is 3.87. The zero-order valence-electron chi connectivity index (χ0n) is 4.22. The molecule has 0 aliphatic heterocycles. The molecule has 1 heterocycles. The summed E-state index contributed by atoms with van der Waals surface area (Å²) in [5, 5.41) is 0. The van der Waals surface area contributed by atoms with Crippen LogP contribution in [0.1, 0.15) is 12.6 Å². The molecule has 0 spiro atoms. The molecule has 7 heavy (non-hydrogen) atoms. The fourth-order valence-electron chi connectivity index (χ4n) is 0.412. The van der Waals surface area contributed by atoms with E-state index < -0.39 is 0 Å². The van der Waals surface area contributed by atoms with Crippen LogP contribution < -0.4 is 0 Å². The predicted octanol–water partition coefficient (Wildman–Crippen LogP) is 1.24. The van der Waals surface area contributed by atoms with Gasteiger partial charge in [0.25, 0.3) is 0 Å². The van der Waals surface area contributed by atoms with Gasteiger partial charge in [-0.2, -0.15) is 0 Å². The molecule has 0 amide bonds. The summed E-state index contributed by atoms with van der Waals surface area (Å²) in [5.41, 5.74) is 1.01. The molecule has 0 N–H and O–H groups in total. The van der Waals surface area contributed by atoms with Crippen molar-refractivity contribution in [3.8, 4) is 0 Å². The Morgan fingerprint density at radius 1 is 1.86 bits per heavy atom. The SMILES string of the molecule is CCc1cocn1. The molecule has 2 heteroatoms. The first-order valence-electron chi connectivity index (χ1n) is 2.30. The number of aryl methyl sites for hydroxylation is 1. The van der Waals surface area contributed by atoms with Crippen molar-refractivity contribution in [3.05, 3.63) is 18.4 Å². The van der Waals surface area contributed by atoms with Gasteiger partial charge in [0, 0.05) is 0 Å². The highest BCUT2D eigenvalue weighted by atomic mass is 16.3. The maximum Gasteiger partial charge on any atom is 0.180 e. The van der Waals surface area contributed by atoms with E-state index in [2.05, 4.69) is 4.98 Å². The lowest BCUT2D eigenvalue weighted by molar-refractivity contribution is 0.556. The first kappa shape index (κ1) is 4.37. The number of hydrogen-bond acceptors (Lipinski definition) is 2. The molecular formula is C5H7NO. The van der Waals surface area contributed by atoms with Gasteiger partial charge in [-0.15, -0.1) is 0 Å². The van der Waals surface area contributed by atoms with E-state index in [4.69, 9.17) is 4.42 Å². The Balaban J connectivity index is 2.76. The van der Waals surface area contributed by atoms with Crippen LogP contribution in [0.15, 0.2) is 17.1 Å². The standard InChI is InChI=1S/C5H7NO/c1-2-5-3-7-4-6-5/h3-4H,2H2,1H3. The minimum Gasteiger partial charge on any atom is -0.451 e. The highest BCUT2D eigenvalue weighted by Crippen LogP contribution is 1.92. The molecule has 0 fully saturated rings. The smallest absolute Gasteiger partial charge is 0.180 e. The average molecular weight is 97.1 g/mol. The first-order chi connectivity index (χ1) is 3.43. The largest absolute Gasteiger partial charge is 0.451 e. The molecule has 0 aliphatic rings. The first-order valence-corrected chi connectivity index (χ1v) is 2.30. The molecule has 1 aromatic rings. The van der Waals surface area contributed by atoms with Crippen LogP contribution in [0.3, 0.4) is 0 Å². The maximum absolute atomic E-state index is 4.69. The third-order valence-electron chi connectivity index (χ3n) is 0.846. The van der Waals surface area contributed by atoms with Crippen molar-refractivity contribution in [2.75, 3.05) is 0 Å². The average Bonchev–Trinajstić information content (AvgIpc) is 2.14. The van der Waals surface area contributed by atoms with Crippen LogP contribution in [-0.4, -0.2) is 4.98 Å². The molecule has 0 bridgehead atoms. The Labute approximate surface area is 42.2 Å². The molecule has 0 unspecified atom stereocenters. The molecule has 38 valence electrons. The second-order valence-electron chi connectivity index (χ2n) is 1.33. The van der Waals surface area contributed by atoms with Crippen molar-refractivity contribution in [1.82, 2.24) is 4.98 Å². The molecule has 0 saturated carbocycles. The van der Waals surface area contributed by atoms with E-state index in [0.29, 0.717) is 0 Å². The Hall–Kier alpha value is -0.790. The van der Waals surface area contributed by atoms with Gasteiger partial charge in [0.1, 0.15) is 6.26 Å². The van der Waals surface area contributed by atoms with Crippen LogP contribution in [0.25, 0.3) is 0 Å². The van der Waals surface area contributed by atoms with Crippen LogP contribution in [0, 0.1) is 0 Å². The van der Waals surface area contributed by atoms with E-state index >= 15 is 0 Å². The molecule has 1 aromatic heterocycles. The summed E-state index contributed by atoms with van der Waals surface area (Å²) < 4.78 is 4.69. The van der Waals surface area contributed by atoms with Crippen LogP contribution in [-0.2, 0) is 6.42 Å². The van der Waals surface area contributed by atoms with E-state index in [0.717, 1.165) is 12.1 Å². The van der Waals surface area contributed by atoms with Gasteiger partial charge in [-0.25, -0.2) is 4.98 Å². The van der Waals surface area contributed by atoms with Crippen molar-refractivity contribution < 1.29 is 4.42 Å². The molecule has 2 nitrogen and oxygen atoms in total. The Morgan fingerprint density at radius 2 is 2.71 bits per heavy atom. The van der Waals surface area contributed by atoms with Crippen molar-refractivity contribution in [2.24, 2.45) is 0 Å². The highest BCUT2D eigenvalue weighted by molar-refractivity contribution is 4.88. The molecule has 0 atom stereocenters. The summed E-state index contributed by atoms with van der Waals surface area (Å²) in [6.45, 7) is 2.04. The second kappa shape index (κ2) is 1.78. The van der Waals surface area contributed by atoms with Gasteiger partial charge in [0.05, 0.1) is 5.69 Å². The zero-order valence-corrected chi connectivity index (χ0v) is 4.22. The lowest BCUT2D eigenvalue weighted by Crippen LogP contribution is -1.73. The number of oxazole rings is 1. The fourth-order valence-corrected chi connectivity index (χ4v) is 0.412. The van der Waals surface area contributed by atoms with E-state index in [9.17, 15) is 0 Å². The number of hydrogen-bond donors (Lipinski definition) is 0. The fraction of sp³-hybridized carbons (Fsp3) is 0.400. The lowest BCUT2D eigenvalue weighted by atomic mass is 10.4. The molecule has 0 aromatic carbocycles. The third kappa shape index (κ3) is 0.796. The van der Waals surface area contributed by atoms with Crippen molar-refractivity contribution in [2.45, 2.75) is 13.3 Å². The summed E-state index contributed by atoms with van der Waals surface area (Å²) in [6, 6.07) is 0. The van der Waals surface area contributed by atoms with Gasteiger partial charge >= 0.3 is 0 Å². The minimum atomic E-state index is 0.955. The van der Waals surface area contributed by atoms with Crippen LogP contribution in [0.4, 0.5) is 0 Å². The molecule has 0 aliphatic carbocycles. The topological polar surface area (TPSA) is 26.0 Å². The number of nitrogens with zero attached hydrogens (tertiary/aromatic N) is 1. The van der Waals surface area contributed by atoms with Crippen LogP contribution >= 0.6 is 0 Å². The highest BCUT2D eigenvalue weighted by Gasteiger charge is 1.85. The van der Waals surface area contributed by atoms with Crippen molar-refractivity contribution in [1.29, 1.82) is 0 Å². The molecular weight excluding hydrogens is 90.1 g/mol. The Morgan fingerprint density at radius 3 is 3.00 bits per heavy atom. The predicted molar refractivity (Wildman–Crippen MR) is 25.9 cm³/mol. The van der Waals surface area contributed by atoms with Gasteiger partial charge in [-0.05, 0) is 6.42 Å². The Kier molecular flexibility index (Phi) is 1.11.